The lowest BCUT2D eigenvalue weighted by atomic mass is 10.1. The molecule has 3 aromatic carbocycles. The summed E-state index contributed by atoms with van der Waals surface area (Å²) in [6.07, 6.45) is 0. The van der Waals surface area contributed by atoms with Crippen LogP contribution >= 0.6 is 15.9 Å². The van der Waals surface area contributed by atoms with Gasteiger partial charge in [0.2, 0.25) is 11.8 Å². The van der Waals surface area contributed by atoms with E-state index < -0.39 is 40.2 Å². The van der Waals surface area contributed by atoms with E-state index in [0.29, 0.717) is 0 Å². The maximum atomic E-state index is 14.8. The largest absolute Gasteiger partial charge is 0.357 e. The number of likely N-dealkylation sites (N-methyl/N-ethyl adjacent to an activating group) is 1. The second-order valence-corrected chi connectivity index (χ2v) is 11.0. The summed E-state index contributed by atoms with van der Waals surface area (Å²) in [5.41, 5.74) is 1.33. The summed E-state index contributed by atoms with van der Waals surface area (Å²) in [6, 6.07) is 17.7. The molecule has 190 valence electrons. The number of benzene rings is 3. The van der Waals surface area contributed by atoms with Crippen molar-refractivity contribution in [1.29, 1.82) is 0 Å². The van der Waals surface area contributed by atoms with Gasteiger partial charge in [0.25, 0.3) is 10.0 Å². The van der Waals surface area contributed by atoms with Gasteiger partial charge in [0.15, 0.2) is 0 Å². The Hall–Kier alpha value is -3.24. The third-order valence-electron chi connectivity index (χ3n) is 5.69. The van der Waals surface area contributed by atoms with Crippen molar-refractivity contribution < 1.29 is 22.4 Å². The Morgan fingerprint density at radius 1 is 1.00 bits per heavy atom. The number of halogens is 2. The van der Waals surface area contributed by atoms with Gasteiger partial charge in [0.1, 0.15) is 18.4 Å². The van der Waals surface area contributed by atoms with Crippen LogP contribution in [0.5, 0.6) is 0 Å². The minimum Gasteiger partial charge on any atom is -0.357 e. The zero-order valence-corrected chi connectivity index (χ0v) is 22.5. The number of carbonyl (C=O) groups excluding carboxylic acids is 2. The molecule has 0 saturated heterocycles. The van der Waals surface area contributed by atoms with E-state index in [4.69, 9.17) is 0 Å². The molecule has 7 nitrogen and oxygen atoms in total. The zero-order chi connectivity index (χ0) is 26.5. The Bertz CT molecular complexity index is 1330. The fourth-order valence-electron chi connectivity index (χ4n) is 3.58. The van der Waals surface area contributed by atoms with Crippen LogP contribution in [0.1, 0.15) is 18.1 Å². The van der Waals surface area contributed by atoms with Crippen molar-refractivity contribution in [2.45, 2.75) is 31.3 Å². The molecule has 0 aliphatic heterocycles. The fraction of sp³-hybridized carbons (Fsp3) is 0.231. The maximum absolute atomic E-state index is 14.8. The molecule has 3 aromatic rings. The van der Waals surface area contributed by atoms with E-state index in [1.807, 2.05) is 6.92 Å². The minimum atomic E-state index is -4.31. The Balaban J connectivity index is 2.04. The van der Waals surface area contributed by atoms with Crippen LogP contribution in [0, 0.1) is 12.7 Å². The van der Waals surface area contributed by atoms with Crippen molar-refractivity contribution in [2.24, 2.45) is 0 Å². The number of sulfonamides is 1. The average Bonchev–Trinajstić information content (AvgIpc) is 2.86. The predicted octanol–water partition coefficient (Wildman–Crippen LogP) is 4.26. The molecule has 0 fully saturated rings. The Morgan fingerprint density at radius 3 is 2.19 bits per heavy atom. The van der Waals surface area contributed by atoms with Gasteiger partial charge in [0.05, 0.1) is 10.6 Å². The van der Waals surface area contributed by atoms with Gasteiger partial charge >= 0.3 is 0 Å². The van der Waals surface area contributed by atoms with Crippen molar-refractivity contribution in [3.05, 3.63) is 94.2 Å². The molecule has 10 heteroatoms. The summed E-state index contributed by atoms with van der Waals surface area (Å²) in [5.74, 6) is -1.87. The lowest BCUT2D eigenvalue weighted by Gasteiger charge is -2.31. The van der Waals surface area contributed by atoms with Crippen LogP contribution < -0.4 is 9.62 Å². The standard InChI is InChI=1S/C26H27BrFN3O4S/c1-18-8-14-22(15-9-18)36(34,35)31(24-7-5-4-6-23(24)28)17-25(32)30(19(2)26(33)29-3)16-20-10-12-21(27)13-11-20/h4-15,19H,16-17H2,1-3H3,(H,29,33). The monoisotopic (exact) mass is 575 g/mol. The van der Waals surface area contributed by atoms with Crippen LogP contribution in [0.4, 0.5) is 10.1 Å². The van der Waals surface area contributed by atoms with E-state index in [1.165, 1.54) is 42.3 Å². The van der Waals surface area contributed by atoms with Crippen molar-refractivity contribution >= 4 is 43.5 Å². The number of hydrogen-bond donors (Lipinski definition) is 1. The average molecular weight is 576 g/mol. The van der Waals surface area contributed by atoms with E-state index in [-0.39, 0.29) is 17.1 Å². The molecule has 0 aliphatic carbocycles. The SMILES string of the molecule is CNC(=O)C(C)N(Cc1ccc(Br)cc1)C(=O)CN(c1ccccc1F)S(=O)(=O)c1ccc(C)cc1. The molecule has 0 spiro atoms. The molecule has 1 unspecified atom stereocenters. The van der Waals surface area contributed by atoms with Crippen LogP contribution in [0.15, 0.2) is 82.2 Å². The second kappa shape index (κ2) is 11.7. The molecule has 0 heterocycles. The number of amides is 2. The summed E-state index contributed by atoms with van der Waals surface area (Å²) in [5, 5.41) is 2.52. The van der Waals surface area contributed by atoms with Gasteiger partial charge in [-0.25, -0.2) is 12.8 Å². The molecular formula is C26H27BrFN3O4S. The van der Waals surface area contributed by atoms with E-state index in [0.717, 1.165) is 26.0 Å². The summed E-state index contributed by atoms with van der Waals surface area (Å²) in [6.45, 7) is 2.72. The normalized spacial score (nSPS) is 12.0. The summed E-state index contributed by atoms with van der Waals surface area (Å²) < 4.78 is 43.7. The van der Waals surface area contributed by atoms with E-state index in [1.54, 1.807) is 43.3 Å². The van der Waals surface area contributed by atoms with Gasteiger partial charge in [-0.1, -0.05) is 57.9 Å². The van der Waals surface area contributed by atoms with Crippen molar-refractivity contribution in [3.63, 3.8) is 0 Å². The first-order chi connectivity index (χ1) is 17.0. The summed E-state index contributed by atoms with van der Waals surface area (Å²) in [4.78, 5) is 27.3. The maximum Gasteiger partial charge on any atom is 0.264 e. The van der Waals surface area contributed by atoms with E-state index >= 15 is 0 Å². The molecule has 1 N–H and O–H groups in total. The predicted molar refractivity (Wildman–Crippen MR) is 140 cm³/mol. The summed E-state index contributed by atoms with van der Waals surface area (Å²) in [7, 11) is -2.86. The van der Waals surface area contributed by atoms with Crippen LogP contribution in [0.25, 0.3) is 0 Å². The third-order valence-corrected chi connectivity index (χ3v) is 7.99. The minimum absolute atomic E-state index is 0.0520. The molecule has 2 amide bonds. The first-order valence-corrected chi connectivity index (χ1v) is 13.4. The second-order valence-electron chi connectivity index (χ2n) is 8.21. The number of carbonyl (C=O) groups is 2. The van der Waals surface area contributed by atoms with Gasteiger partial charge in [-0.3, -0.25) is 13.9 Å². The van der Waals surface area contributed by atoms with E-state index in [2.05, 4.69) is 21.2 Å². The molecule has 0 bridgehead atoms. The Kier molecular flexibility index (Phi) is 8.86. The Morgan fingerprint density at radius 2 is 1.61 bits per heavy atom. The number of para-hydroxylation sites is 1. The molecule has 0 saturated carbocycles. The highest BCUT2D eigenvalue weighted by atomic mass is 79.9. The van der Waals surface area contributed by atoms with Crippen LogP contribution in [0.2, 0.25) is 0 Å². The van der Waals surface area contributed by atoms with Crippen LogP contribution in [-0.4, -0.2) is 44.8 Å². The number of nitrogens with one attached hydrogen (secondary N) is 1. The van der Waals surface area contributed by atoms with Crippen LogP contribution in [0.3, 0.4) is 0 Å². The number of nitrogens with zero attached hydrogens (tertiary/aromatic N) is 2. The number of rotatable bonds is 9. The lowest BCUT2D eigenvalue weighted by Crippen LogP contribution is -2.50. The smallest absolute Gasteiger partial charge is 0.264 e. The van der Waals surface area contributed by atoms with Crippen LogP contribution in [-0.2, 0) is 26.2 Å². The highest BCUT2D eigenvalue weighted by Gasteiger charge is 2.33. The molecule has 36 heavy (non-hydrogen) atoms. The lowest BCUT2D eigenvalue weighted by molar-refractivity contribution is -0.139. The highest BCUT2D eigenvalue weighted by molar-refractivity contribution is 9.10. The van der Waals surface area contributed by atoms with Crippen molar-refractivity contribution in [2.75, 3.05) is 17.9 Å². The van der Waals surface area contributed by atoms with Crippen molar-refractivity contribution in [3.8, 4) is 0 Å². The molecule has 0 aliphatic rings. The Labute approximate surface area is 219 Å². The van der Waals surface area contributed by atoms with Gasteiger partial charge in [-0.2, -0.15) is 0 Å². The first-order valence-electron chi connectivity index (χ1n) is 11.1. The van der Waals surface area contributed by atoms with Gasteiger partial charge in [0, 0.05) is 18.1 Å². The zero-order valence-electron chi connectivity index (χ0n) is 20.1. The highest BCUT2D eigenvalue weighted by Crippen LogP contribution is 2.27. The van der Waals surface area contributed by atoms with E-state index in [9.17, 15) is 22.4 Å². The number of hydrogen-bond acceptors (Lipinski definition) is 4. The molecule has 3 rings (SSSR count). The summed E-state index contributed by atoms with van der Waals surface area (Å²) >= 11 is 3.36. The number of aryl methyl sites for hydroxylation is 1. The molecular weight excluding hydrogens is 549 g/mol. The van der Waals surface area contributed by atoms with Gasteiger partial charge in [-0.05, 0) is 55.8 Å². The molecule has 0 radical (unpaired) electrons. The fourth-order valence-corrected chi connectivity index (χ4v) is 5.27. The topological polar surface area (TPSA) is 86.8 Å². The quantitative estimate of drug-likeness (QED) is 0.413. The molecule has 1 atom stereocenters. The van der Waals surface area contributed by atoms with Gasteiger partial charge < -0.3 is 10.2 Å². The third kappa shape index (κ3) is 6.30. The van der Waals surface area contributed by atoms with Crippen molar-refractivity contribution in [1.82, 2.24) is 10.2 Å². The number of anilines is 1. The first kappa shape index (κ1) is 27.3. The van der Waals surface area contributed by atoms with Gasteiger partial charge in [-0.15, -0.1) is 0 Å². The molecule has 0 aromatic heterocycles.